The van der Waals surface area contributed by atoms with Crippen molar-refractivity contribution in [2.45, 2.75) is 0 Å². The fraction of sp³-hybridized carbons (Fsp3) is 0.278. The van der Waals surface area contributed by atoms with Crippen LogP contribution in [0.3, 0.4) is 0 Å². The standard InChI is InChI=1S/C18H22NO4/c1-19-12-15(20-2)9-8-14(19)7-6-13-10-16(21-3)18(23-5)17(11-13)22-4/h6-12H,1-5H3/q+1/b7-6+. The Kier molecular flexibility index (Phi) is 5.46. The zero-order chi connectivity index (χ0) is 16.8. The van der Waals surface area contributed by atoms with Crippen molar-refractivity contribution in [3.05, 3.63) is 41.7 Å². The van der Waals surface area contributed by atoms with Crippen molar-refractivity contribution in [3.63, 3.8) is 0 Å². The van der Waals surface area contributed by atoms with Crippen molar-refractivity contribution in [1.29, 1.82) is 0 Å². The molecule has 0 aliphatic carbocycles. The summed E-state index contributed by atoms with van der Waals surface area (Å²) in [7, 11) is 8.42. The molecule has 0 fully saturated rings. The molecule has 2 rings (SSSR count). The number of aryl methyl sites for hydroxylation is 1. The maximum Gasteiger partial charge on any atom is 0.211 e. The summed E-state index contributed by atoms with van der Waals surface area (Å²) in [6.45, 7) is 0. The summed E-state index contributed by atoms with van der Waals surface area (Å²) in [6.07, 6.45) is 5.93. The summed E-state index contributed by atoms with van der Waals surface area (Å²) in [5, 5.41) is 0. The predicted octanol–water partition coefficient (Wildman–Crippen LogP) is 2.72. The highest BCUT2D eigenvalue weighted by molar-refractivity contribution is 5.71. The van der Waals surface area contributed by atoms with Gasteiger partial charge in [-0.1, -0.05) is 0 Å². The maximum absolute atomic E-state index is 5.36. The van der Waals surface area contributed by atoms with Crippen LogP contribution in [0, 0.1) is 0 Å². The van der Waals surface area contributed by atoms with E-state index in [0.717, 1.165) is 17.0 Å². The van der Waals surface area contributed by atoms with Crippen LogP contribution in [0.4, 0.5) is 0 Å². The topological polar surface area (TPSA) is 40.8 Å². The molecule has 0 saturated carbocycles. The third-order valence-corrected chi connectivity index (χ3v) is 3.52. The van der Waals surface area contributed by atoms with E-state index in [1.807, 2.05) is 54.2 Å². The second-order valence-electron chi connectivity index (χ2n) is 4.90. The molecule has 23 heavy (non-hydrogen) atoms. The highest BCUT2D eigenvalue weighted by Gasteiger charge is 2.12. The Morgan fingerprint density at radius 3 is 1.96 bits per heavy atom. The smallest absolute Gasteiger partial charge is 0.211 e. The number of methoxy groups -OCH3 is 4. The number of benzene rings is 1. The number of nitrogens with zero attached hydrogens (tertiary/aromatic N) is 1. The molecule has 5 heteroatoms. The monoisotopic (exact) mass is 316 g/mol. The average Bonchev–Trinajstić information content (AvgIpc) is 2.59. The molecule has 2 aromatic rings. The minimum atomic E-state index is 0.585. The minimum Gasteiger partial charge on any atom is -0.493 e. The van der Waals surface area contributed by atoms with E-state index in [1.165, 1.54) is 0 Å². The fourth-order valence-electron chi connectivity index (χ4n) is 2.27. The first kappa shape index (κ1) is 16.7. The Morgan fingerprint density at radius 2 is 1.48 bits per heavy atom. The molecule has 1 heterocycles. The van der Waals surface area contributed by atoms with E-state index in [2.05, 4.69) is 0 Å². The van der Waals surface area contributed by atoms with Crippen LogP contribution in [0.1, 0.15) is 11.3 Å². The summed E-state index contributed by atoms with van der Waals surface area (Å²) in [4.78, 5) is 0. The molecule has 0 atom stereocenters. The van der Waals surface area contributed by atoms with Crippen LogP contribution >= 0.6 is 0 Å². The molecule has 0 aliphatic heterocycles. The van der Waals surface area contributed by atoms with E-state index in [1.54, 1.807) is 28.4 Å². The van der Waals surface area contributed by atoms with Crippen molar-refractivity contribution in [1.82, 2.24) is 0 Å². The Morgan fingerprint density at radius 1 is 0.826 bits per heavy atom. The Labute approximate surface area is 136 Å². The summed E-state index contributed by atoms with van der Waals surface area (Å²) in [5.74, 6) is 2.66. The minimum absolute atomic E-state index is 0.585. The number of ether oxygens (including phenoxy) is 4. The quantitative estimate of drug-likeness (QED) is 0.768. The molecule has 1 aromatic carbocycles. The summed E-state index contributed by atoms with van der Waals surface area (Å²) in [6, 6.07) is 7.73. The molecular weight excluding hydrogens is 294 g/mol. The normalized spacial score (nSPS) is 10.7. The molecule has 0 amide bonds. The number of hydrogen-bond acceptors (Lipinski definition) is 4. The van der Waals surface area contributed by atoms with Crippen molar-refractivity contribution in [2.75, 3.05) is 28.4 Å². The van der Waals surface area contributed by atoms with Gasteiger partial charge < -0.3 is 18.9 Å². The van der Waals surface area contributed by atoms with Gasteiger partial charge >= 0.3 is 0 Å². The van der Waals surface area contributed by atoms with Gasteiger partial charge in [-0.25, -0.2) is 0 Å². The van der Waals surface area contributed by atoms with Crippen molar-refractivity contribution in [3.8, 4) is 23.0 Å². The molecule has 1 aromatic heterocycles. The zero-order valence-corrected chi connectivity index (χ0v) is 14.1. The largest absolute Gasteiger partial charge is 0.493 e. The number of rotatable bonds is 6. The first-order valence-electron chi connectivity index (χ1n) is 7.14. The van der Waals surface area contributed by atoms with Crippen LogP contribution in [0.2, 0.25) is 0 Å². The maximum atomic E-state index is 5.36. The summed E-state index contributed by atoms with van der Waals surface area (Å²) < 4.78 is 23.3. The highest BCUT2D eigenvalue weighted by atomic mass is 16.5. The second kappa shape index (κ2) is 7.54. The molecule has 5 nitrogen and oxygen atoms in total. The van der Waals surface area contributed by atoms with Crippen molar-refractivity contribution < 1.29 is 23.5 Å². The SMILES string of the molecule is COc1ccc(/C=C/c2cc(OC)c(OC)c(OC)c2)[n+](C)c1. The van der Waals surface area contributed by atoms with Crippen LogP contribution in [0.15, 0.2) is 30.5 Å². The van der Waals surface area contributed by atoms with E-state index in [4.69, 9.17) is 18.9 Å². The first-order valence-corrected chi connectivity index (χ1v) is 7.14. The van der Waals surface area contributed by atoms with Gasteiger partial charge in [0.15, 0.2) is 17.2 Å². The van der Waals surface area contributed by atoms with Crippen LogP contribution in [0.25, 0.3) is 12.2 Å². The lowest BCUT2D eigenvalue weighted by atomic mass is 10.1. The second-order valence-corrected chi connectivity index (χ2v) is 4.90. The number of hydrogen-bond donors (Lipinski definition) is 0. The molecule has 0 spiro atoms. The lowest BCUT2D eigenvalue weighted by Crippen LogP contribution is -2.31. The average molecular weight is 316 g/mol. The van der Waals surface area contributed by atoms with Gasteiger partial charge in [0.25, 0.3) is 0 Å². The highest BCUT2D eigenvalue weighted by Crippen LogP contribution is 2.38. The van der Waals surface area contributed by atoms with E-state index >= 15 is 0 Å². The van der Waals surface area contributed by atoms with Crippen LogP contribution in [-0.2, 0) is 7.05 Å². The van der Waals surface area contributed by atoms with Gasteiger partial charge in [-0.2, -0.15) is 4.57 Å². The van der Waals surface area contributed by atoms with E-state index in [-0.39, 0.29) is 0 Å². The number of aromatic nitrogens is 1. The van der Waals surface area contributed by atoms with Gasteiger partial charge in [0.2, 0.25) is 17.6 Å². The fourth-order valence-corrected chi connectivity index (χ4v) is 2.27. The zero-order valence-electron chi connectivity index (χ0n) is 14.1. The lowest BCUT2D eigenvalue weighted by Gasteiger charge is -2.12. The van der Waals surface area contributed by atoms with Gasteiger partial charge in [0.1, 0.15) is 7.05 Å². The van der Waals surface area contributed by atoms with Crippen LogP contribution < -0.4 is 23.5 Å². The van der Waals surface area contributed by atoms with E-state index in [9.17, 15) is 0 Å². The summed E-state index contributed by atoms with van der Waals surface area (Å²) >= 11 is 0. The molecule has 0 radical (unpaired) electrons. The van der Waals surface area contributed by atoms with Gasteiger partial charge in [-0.05, 0) is 29.8 Å². The molecule has 0 unspecified atom stereocenters. The van der Waals surface area contributed by atoms with Gasteiger partial charge in [-0.3, -0.25) is 0 Å². The molecular formula is C18H22NO4+. The molecule has 0 saturated heterocycles. The predicted molar refractivity (Wildman–Crippen MR) is 89.2 cm³/mol. The van der Waals surface area contributed by atoms with E-state index < -0.39 is 0 Å². The number of pyridine rings is 1. The van der Waals surface area contributed by atoms with Gasteiger partial charge in [-0.15, -0.1) is 0 Å². The Hall–Kier alpha value is -2.69. The third kappa shape index (κ3) is 3.74. The first-order chi connectivity index (χ1) is 11.1. The Balaban J connectivity index is 2.36. The van der Waals surface area contributed by atoms with Gasteiger partial charge in [0.05, 0.1) is 28.4 Å². The Bertz CT molecular complexity index is 685. The van der Waals surface area contributed by atoms with Crippen molar-refractivity contribution in [2.24, 2.45) is 7.05 Å². The lowest BCUT2D eigenvalue weighted by molar-refractivity contribution is -0.673. The molecule has 0 N–H and O–H groups in total. The van der Waals surface area contributed by atoms with E-state index in [0.29, 0.717) is 17.2 Å². The van der Waals surface area contributed by atoms with Crippen LogP contribution in [-0.4, -0.2) is 28.4 Å². The molecule has 0 aliphatic rings. The van der Waals surface area contributed by atoms with Crippen molar-refractivity contribution >= 4 is 12.2 Å². The van der Waals surface area contributed by atoms with Crippen LogP contribution in [0.5, 0.6) is 23.0 Å². The van der Waals surface area contributed by atoms with Gasteiger partial charge in [0, 0.05) is 12.1 Å². The molecule has 0 bridgehead atoms. The third-order valence-electron chi connectivity index (χ3n) is 3.52. The summed E-state index contributed by atoms with van der Waals surface area (Å²) in [5.41, 5.74) is 2.00. The molecule has 122 valence electrons.